The molecule has 144 valence electrons. The predicted molar refractivity (Wildman–Crippen MR) is 111 cm³/mol. The minimum atomic E-state index is 0. The van der Waals surface area contributed by atoms with Gasteiger partial charge < -0.3 is 4.74 Å². The Balaban J connectivity index is 0.00000243. The first-order chi connectivity index (χ1) is 12.4. The lowest BCUT2D eigenvalue weighted by Gasteiger charge is -2.11. The molecule has 2 N–H and O–H groups in total. The minimum absolute atomic E-state index is 0. The van der Waals surface area contributed by atoms with Gasteiger partial charge in [0.2, 0.25) is 5.13 Å². The van der Waals surface area contributed by atoms with Gasteiger partial charge in [0, 0.05) is 6.04 Å². The maximum atomic E-state index is 5.99. The van der Waals surface area contributed by atoms with Crippen molar-refractivity contribution >= 4 is 28.9 Å². The average Bonchev–Trinajstić information content (AvgIpc) is 3.32. The lowest BCUT2D eigenvalue weighted by atomic mass is 10.2. The summed E-state index contributed by atoms with van der Waals surface area (Å²) in [5.74, 6) is 0.894. The number of aromatic nitrogens is 2. The smallest absolute Gasteiger partial charge is 0.220 e. The molecule has 1 aromatic heterocycles. The number of anilines is 1. The fraction of sp³-hybridized carbons (Fsp3) is 0.579. The molecule has 0 aliphatic heterocycles. The van der Waals surface area contributed by atoms with E-state index in [9.17, 15) is 0 Å². The quantitative estimate of drug-likeness (QED) is 0.413. The van der Waals surface area contributed by atoms with Crippen LogP contribution in [0.3, 0.4) is 0 Å². The molecule has 1 fully saturated rings. The molecular formula is C19H29ClN4OS. The lowest BCUT2D eigenvalue weighted by Crippen LogP contribution is -2.31. The van der Waals surface area contributed by atoms with Crippen LogP contribution in [0.4, 0.5) is 5.13 Å². The topological polar surface area (TPSA) is 59.1 Å². The van der Waals surface area contributed by atoms with Gasteiger partial charge in [0.05, 0.1) is 12.2 Å². The van der Waals surface area contributed by atoms with Gasteiger partial charge in [0.1, 0.15) is 5.75 Å². The Hall–Kier alpha value is -1.37. The van der Waals surface area contributed by atoms with E-state index in [0.29, 0.717) is 6.04 Å². The fourth-order valence-corrected chi connectivity index (χ4v) is 3.83. The van der Waals surface area contributed by atoms with Gasteiger partial charge in [0.15, 0.2) is 5.01 Å². The number of hydrogen-bond acceptors (Lipinski definition) is 6. The summed E-state index contributed by atoms with van der Waals surface area (Å²) in [6.45, 7) is 2.98. The molecule has 0 atom stereocenters. The van der Waals surface area contributed by atoms with E-state index >= 15 is 0 Å². The molecule has 5 nitrogen and oxygen atoms in total. The number of ether oxygens (including phenoxy) is 1. The highest BCUT2D eigenvalue weighted by atomic mass is 35.5. The zero-order valence-electron chi connectivity index (χ0n) is 15.4. The van der Waals surface area contributed by atoms with Crippen LogP contribution in [0.1, 0.15) is 58.3 Å². The van der Waals surface area contributed by atoms with E-state index in [1.807, 2.05) is 18.2 Å². The van der Waals surface area contributed by atoms with Gasteiger partial charge in [-0.05, 0) is 31.4 Å². The van der Waals surface area contributed by atoms with Gasteiger partial charge in [-0.15, -0.1) is 22.6 Å². The van der Waals surface area contributed by atoms with Gasteiger partial charge in [-0.25, -0.2) is 5.43 Å². The first kappa shape index (κ1) is 20.9. The van der Waals surface area contributed by atoms with Crippen molar-refractivity contribution in [2.24, 2.45) is 0 Å². The van der Waals surface area contributed by atoms with Crippen molar-refractivity contribution in [1.82, 2.24) is 15.6 Å². The Kier molecular flexibility index (Phi) is 9.15. The number of hydrazine groups is 1. The molecule has 1 aliphatic carbocycles. The average molecular weight is 397 g/mol. The third-order valence-electron chi connectivity index (χ3n) is 4.54. The molecule has 0 unspecified atom stereocenters. The van der Waals surface area contributed by atoms with Crippen molar-refractivity contribution in [3.05, 3.63) is 24.3 Å². The largest absolute Gasteiger partial charge is 0.493 e. The molecule has 1 aromatic carbocycles. The van der Waals surface area contributed by atoms with Crippen LogP contribution in [0.2, 0.25) is 0 Å². The van der Waals surface area contributed by atoms with Crippen LogP contribution in [0.15, 0.2) is 24.3 Å². The summed E-state index contributed by atoms with van der Waals surface area (Å²) < 4.78 is 5.99. The third-order valence-corrected chi connectivity index (χ3v) is 5.41. The number of unbranched alkanes of at least 4 members (excludes halogenated alkanes) is 3. The van der Waals surface area contributed by atoms with Crippen LogP contribution >= 0.6 is 23.7 Å². The van der Waals surface area contributed by atoms with Crippen molar-refractivity contribution in [2.45, 2.75) is 64.3 Å². The van der Waals surface area contributed by atoms with Gasteiger partial charge in [-0.1, -0.05) is 62.5 Å². The van der Waals surface area contributed by atoms with E-state index in [1.165, 1.54) is 44.9 Å². The van der Waals surface area contributed by atoms with Crippen LogP contribution in [0.25, 0.3) is 10.6 Å². The summed E-state index contributed by atoms with van der Waals surface area (Å²) in [6.07, 6.45) is 9.90. The summed E-state index contributed by atoms with van der Waals surface area (Å²) in [4.78, 5) is 0. The number of benzene rings is 1. The van der Waals surface area contributed by atoms with Crippen molar-refractivity contribution in [3.63, 3.8) is 0 Å². The van der Waals surface area contributed by atoms with Crippen molar-refractivity contribution < 1.29 is 4.74 Å². The van der Waals surface area contributed by atoms with E-state index in [-0.39, 0.29) is 12.4 Å². The summed E-state index contributed by atoms with van der Waals surface area (Å²) in [5.41, 5.74) is 7.59. The SMILES string of the molecule is CCCCCCOc1ccccc1-c1nnc(NNC2CCCC2)s1.Cl. The van der Waals surface area contributed by atoms with Crippen molar-refractivity contribution in [2.75, 3.05) is 12.0 Å². The van der Waals surface area contributed by atoms with Crippen LogP contribution in [0.5, 0.6) is 5.75 Å². The Morgan fingerprint density at radius 2 is 1.92 bits per heavy atom. The molecule has 0 radical (unpaired) electrons. The molecule has 26 heavy (non-hydrogen) atoms. The minimum Gasteiger partial charge on any atom is -0.493 e. The zero-order valence-corrected chi connectivity index (χ0v) is 17.0. The molecule has 0 spiro atoms. The standard InChI is InChI=1S/C19H28N4OS.ClH/c1-2-3-4-9-14-24-17-13-8-7-12-16(17)18-21-23-19(25-18)22-20-15-10-5-6-11-15;/h7-8,12-13,15,20H,2-6,9-11,14H2,1H3,(H,22,23);1H. The normalized spacial score (nSPS) is 14.2. The molecule has 2 aromatic rings. The molecule has 0 bridgehead atoms. The van der Waals surface area contributed by atoms with Crippen LogP contribution in [0, 0.1) is 0 Å². The first-order valence-electron chi connectivity index (χ1n) is 9.44. The highest BCUT2D eigenvalue weighted by Gasteiger charge is 2.16. The van der Waals surface area contributed by atoms with E-state index in [0.717, 1.165) is 34.5 Å². The highest BCUT2D eigenvalue weighted by molar-refractivity contribution is 7.18. The number of para-hydroxylation sites is 1. The molecule has 1 aliphatic rings. The zero-order chi connectivity index (χ0) is 17.3. The van der Waals surface area contributed by atoms with E-state index in [2.05, 4.69) is 34.0 Å². The number of hydrogen-bond donors (Lipinski definition) is 2. The maximum Gasteiger partial charge on any atom is 0.220 e. The second kappa shape index (κ2) is 11.4. The van der Waals surface area contributed by atoms with E-state index < -0.39 is 0 Å². The van der Waals surface area contributed by atoms with E-state index in [1.54, 1.807) is 11.3 Å². The molecule has 0 saturated heterocycles. The Bertz CT molecular complexity index is 646. The number of nitrogens with one attached hydrogen (secondary N) is 2. The Labute approximate surface area is 166 Å². The Morgan fingerprint density at radius 1 is 1.12 bits per heavy atom. The van der Waals surface area contributed by atoms with Gasteiger partial charge in [-0.2, -0.15) is 0 Å². The summed E-state index contributed by atoms with van der Waals surface area (Å²) in [7, 11) is 0. The van der Waals surface area contributed by atoms with Gasteiger partial charge >= 0.3 is 0 Å². The molecular weight excluding hydrogens is 368 g/mol. The fourth-order valence-electron chi connectivity index (χ4n) is 3.10. The molecule has 3 rings (SSSR count). The maximum absolute atomic E-state index is 5.99. The van der Waals surface area contributed by atoms with Gasteiger partial charge in [0.25, 0.3) is 0 Å². The van der Waals surface area contributed by atoms with Crippen molar-refractivity contribution in [1.29, 1.82) is 0 Å². The van der Waals surface area contributed by atoms with Crippen LogP contribution in [-0.4, -0.2) is 22.8 Å². The first-order valence-corrected chi connectivity index (χ1v) is 10.3. The van der Waals surface area contributed by atoms with Crippen LogP contribution < -0.4 is 15.6 Å². The molecule has 1 saturated carbocycles. The predicted octanol–water partition coefficient (Wildman–Crippen LogP) is 5.45. The van der Waals surface area contributed by atoms with E-state index in [4.69, 9.17) is 4.74 Å². The second-order valence-corrected chi connectivity index (χ2v) is 7.55. The molecule has 1 heterocycles. The van der Waals surface area contributed by atoms with Crippen LogP contribution in [-0.2, 0) is 0 Å². The number of halogens is 1. The number of rotatable bonds is 10. The summed E-state index contributed by atoms with van der Waals surface area (Å²) >= 11 is 1.56. The lowest BCUT2D eigenvalue weighted by molar-refractivity contribution is 0.306. The second-order valence-electron chi connectivity index (χ2n) is 6.57. The monoisotopic (exact) mass is 396 g/mol. The number of nitrogens with zero attached hydrogens (tertiary/aromatic N) is 2. The third kappa shape index (κ3) is 6.11. The molecule has 7 heteroatoms. The summed E-state index contributed by atoms with van der Waals surface area (Å²) in [5, 5.41) is 10.3. The highest BCUT2D eigenvalue weighted by Crippen LogP contribution is 2.33. The van der Waals surface area contributed by atoms with Gasteiger partial charge in [-0.3, -0.25) is 5.43 Å². The summed E-state index contributed by atoms with van der Waals surface area (Å²) in [6, 6.07) is 8.64. The van der Waals surface area contributed by atoms with Crippen molar-refractivity contribution in [3.8, 4) is 16.3 Å². The molecule has 0 amide bonds. The Morgan fingerprint density at radius 3 is 2.73 bits per heavy atom.